The lowest BCUT2D eigenvalue weighted by Gasteiger charge is -2.62. The molecule has 4 aliphatic rings. The van der Waals surface area contributed by atoms with Crippen molar-refractivity contribution in [3.05, 3.63) is 0 Å². The van der Waals surface area contributed by atoms with E-state index in [9.17, 15) is 4.79 Å². The van der Waals surface area contributed by atoms with Crippen LogP contribution in [0.1, 0.15) is 44.9 Å². The molecule has 17 heavy (non-hydrogen) atoms. The SMILES string of the molecule is O=C(O)CC12CC3CC(C1)CC(C(Cl)Cl)(C3)C2. The zero-order valence-electron chi connectivity index (χ0n) is 9.79. The standard InChI is InChI=1S/C13H18Cl2O2/c14-11(15)13-4-8-1-9(5-13)3-12(2-8,7-13)6-10(16)17/h8-9,11H,1-7H2,(H,16,17). The van der Waals surface area contributed by atoms with Crippen molar-refractivity contribution in [3.8, 4) is 0 Å². The van der Waals surface area contributed by atoms with Crippen molar-refractivity contribution >= 4 is 29.2 Å². The summed E-state index contributed by atoms with van der Waals surface area (Å²) < 4.78 is 0. The average molecular weight is 277 g/mol. The van der Waals surface area contributed by atoms with Crippen LogP contribution < -0.4 is 0 Å². The molecule has 4 bridgehead atoms. The van der Waals surface area contributed by atoms with Gasteiger partial charge in [-0.2, -0.15) is 0 Å². The molecule has 0 spiro atoms. The molecule has 96 valence electrons. The van der Waals surface area contributed by atoms with E-state index in [1.165, 1.54) is 6.42 Å². The van der Waals surface area contributed by atoms with Crippen molar-refractivity contribution in [3.63, 3.8) is 0 Å². The fourth-order valence-corrected chi connectivity index (χ4v) is 5.82. The minimum absolute atomic E-state index is 0.00204. The van der Waals surface area contributed by atoms with Gasteiger partial charge >= 0.3 is 5.97 Å². The van der Waals surface area contributed by atoms with Crippen molar-refractivity contribution < 1.29 is 9.90 Å². The summed E-state index contributed by atoms with van der Waals surface area (Å²) in [6, 6.07) is 0. The first-order valence-electron chi connectivity index (χ1n) is 6.43. The normalized spacial score (nSPS) is 47.7. The number of carboxylic acids is 1. The van der Waals surface area contributed by atoms with Gasteiger partial charge in [-0.3, -0.25) is 4.79 Å². The molecule has 4 aliphatic carbocycles. The summed E-state index contributed by atoms with van der Waals surface area (Å²) in [5.74, 6) is 0.661. The third-order valence-electron chi connectivity index (χ3n) is 5.22. The highest BCUT2D eigenvalue weighted by Crippen LogP contribution is 2.68. The van der Waals surface area contributed by atoms with E-state index < -0.39 is 5.97 Å². The number of halogens is 2. The summed E-state index contributed by atoms with van der Waals surface area (Å²) in [5, 5.41) is 9.13. The Hall–Kier alpha value is 0.0500. The van der Waals surface area contributed by atoms with E-state index >= 15 is 0 Å². The molecule has 2 nitrogen and oxygen atoms in total. The molecule has 0 aromatic carbocycles. The number of alkyl halides is 2. The molecule has 2 unspecified atom stereocenters. The molecular weight excluding hydrogens is 259 g/mol. The number of hydrogen-bond donors (Lipinski definition) is 1. The van der Waals surface area contributed by atoms with Crippen molar-refractivity contribution in [1.29, 1.82) is 0 Å². The van der Waals surface area contributed by atoms with E-state index in [1.54, 1.807) is 0 Å². The molecule has 0 aromatic heterocycles. The number of hydrogen-bond acceptors (Lipinski definition) is 1. The van der Waals surface area contributed by atoms with Gasteiger partial charge in [0.1, 0.15) is 4.84 Å². The Morgan fingerprint density at radius 3 is 2.29 bits per heavy atom. The van der Waals surface area contributed by atoms with E-state index in [-0.39, 0.29) is 15.7 Å². The van der Waals surface area contributed by atoms with E-state index in [0.29, 0.717) is 18.3 Å². The third-order valence-corrected chi connectivity index (χ3v) is 6.14. The van der Waals surface area contributed by atoms with Crippen molar-refractivity contribution in [2.75, 3.05) is 0 Å². The average Bonchev–Trinajstić information content (AvgIpc) is 2.12. The molecule has 0 amide bonds. The summed E-state index contributed by atoms with van der Waals surface area (Å²) in [5.41, 5.74) is 0.0145. The quantitative estimate of drug-likeness (QED) is 0.795. The lowest BCUT2D eigenvalue weighted by molar-refractivity contribution is -0.151. The maximum Gasteiger partial charge on any atom is 0.303 e. The summed E-state index contributed by atoms with van der Waals surface area (Å²) in [6.45, 7) is 0. The molecule has 4 saturated carbocycles. The predicted octanol–water partition coefficient (Wildman–Crippen LogP) is 3.85. The minimum atomic E-state index is -0.664. The zero-order chi connectivity index (χ0) is 12.3. The Balaban J connectivity index is 1.91. The molecular formula is C13H18Cl2O2. The predicted molar refractivity (Wildman–Crippen MR) is 67.3 cm³/mol. The van der Waals surface area contributed by atoms with Crippen LogP contribution in [0.5, 0.6) is 0 Å². The Bertz CT molecular complexity index is 339. The maximum atomic E-state index is 11.1. The van der Waals surface area contributed by atoms with Gasteiger partial charge < -0.3 is 5.11 Å². The molecule has 0 saturated heterocycles. The van der Waals surface area contributed by atoms with Gasteiger partial charge in [-0.05, 0) is 55.8 Å². The van der Waals surface area contributed by atoms with Crippen LogP contribution in [-0.4, -0.2) is 15.9 Å². The van der Waals surface area contributed by atoms with E-state index in [4.69, 9.17) is 28.3 Å². The molecule has 0 aromatic rings. The van der Waals surface area contributed by atoms with Crippen LogP contribution in [0, 0.1) is 22.7 Å². The smallest absolute Gasteiger partial charge is 0.303 e. The van der Waals surface area contributed by atoms with Crippen LogP contribution >= 0.6 is 23.2 Å². The fourth-order valence-electron chi connectivity index (χ4n) is 5.31. The summed E-state index contributed by atoms with van der Waals surface area (Å²) in [7, 11) is 0. The van der Waals surface area contributed by atoms with Crippen LogP contribution in [-0.2, 0) is 4.79 Å². The van der Waals surface area contributed by atoms with Gasteiger partial charge in [-0.1, -0.05) is 0 Å². The Morgan fingerprint density at radius 2 is 1.82 bits per heavy atom. The summed E-state index contributed by atoms with van der Waals surface area (Å²) >= 11 is 12.4. The molecule has 1 N–H and O–H groups in total. The van der Waals surface area contributed by atoms with Crippen LogP contribution in [0.25, 0.3) is 0 Å². The van der Waals surface area contributed by atoms with Crippen LogP contribution in [0.3, 0.4) is 0 Å². The molecule has 0 aliphatic heterocycles. The van der Waals surface area contributed by atoms with E-state index in [0.717, 1.165) is 32.1 Å². The van der Waals surface area contributed by atoms with Crippen molar-refractivity contribution in [1.82, 2.24) is 0 Å². The van der Waals surface area contributed by atoms with Gasteiger partial charge in [0.05, 0.1) is 6.42 Å². The topological polar surface area (TPSA) is 37.3 Å². The van der Waals surface area contributed by atoms with Crippen molar-refractivity contribution in [2.45, 2.75) is 49.8 Å². The molecule has 4 fully saturated rings. The zero-order valence-corrected chi connectivity index (χ0v) is 11.3. The first-order valence-corrected chi connectivity index (χ1v) is 7.30. The maximum absolute atomic E-state index is 11.1. The number of carbonyl (C=O) groups is 1. The first-order chi connectivity index (χ1) is 7.93. The Morgan fingerprint density at radius 1 is 1.24 bits per heavy atom. The highest BCUT2D eigenvalue weighted by molar-refractivity contribution is 6.44. The van der Waals surface area contributed by atoms with E-state index in [2.05, 4.69) is 0 Å². The largest absolute Gasteiger partial charge is 0.481 e. The fraction of sp³-hybridized carbons (Fsp3) is 0.923. The monoisotopic (exact) mass is 276 g/mol. The molecule has 2 atom stereocenters. The second-order valence-corrected chi connectivity index (χ2v) is 7.79. The van der Waals surface area contributed by atoms with Gasteiger partial charge in [0.2, 0.25) is 0 Å². The Kier molecular flexibility index (Phi) is 2.68. The highest BCUT2D eigenvalue weighted by atomic mass is 35.5. The van der Waals surface area contributed by atoms with Gasteiger partial charge in [-0.25, -0.2) is 0 Å². The molecule has 0 heterocycles. The van der Waals surface area contributed by atoms with Crippen LogP contribution in [0.15, 0.2) is 0 Å². The van der Waals surface area contributed by atoms with Crippen LogP contribution in [0.4, 0.5) is 0 Å². The molecule has 4 heteroatoms. The van der Waals surface area contributed by atoms with Gasteiger partial charge in [0, 0.05) is 5.41 Å². The number of carboxylic acid groups (broad SMARTS) is 1. The number of rotatable bonds is 3. The number of aliphatic carboxylic acids is 1. The highest BCUT2D eigenvalue weighted by Gasteiger charge is 2.59. The summed E-state index contributed by atoms with van der Waals surface area (Å²) in [4.78, 5) is 10.8. The lowest BCUT2D eigenvalue weighted by atomic mass is 9.44. The van der Waals surface area contributed by atoms with Crippen LogP contribution in [0.2, 0.25) is 0 Å². The minimum Gasteiger partial charge on any atom is -0.481 e. The van der Waals surface area contributed by atoms with Gasteiger partial charge in [0.15, 0.2) is 0 Å². The Labute approximate surface area is 112 Å². The first kappa shape index (κ1) is 12.1. The van der Waals surface area contributed by atoms with Gasteiger partial charge in [-0.15, -0.1) is 23.2 Å². The lowest BCUT2D eigenvalue weighted by Crippen LogP contribution is -2.54. The second-order valence-electron chi connectivity index (χ2n) is 6.69. The van der Waals surface area contributed by atoms with E-state index in [1.807, 2.05) is 0 Å². The van der Waals surface area contributed by atoms with Gasteiger partial charge in [0.25, 0.3) is 0 Å². The molecule has 4 rings (SSSR count). The third kappa shape index (κ3) is 1.88. The second kappa shape index (κ2) is 3.77. The molecule has 0 radical (unpaired) electrons. The summed E-state index contributed by atoms with van der Waals surface area (Å²) in [6.07, 6.45) is 6.89. The van der Waals surface area contributed by atoms with Crippen molar-refractivity contribution in [2.24, 2.45) is 22.7 Å².